The number of halogens is 1. The van der Waals surface area contributed by atoms with E-state index in [2.05, 4.69) is 15.9 Å². The topological polar surface area (TPSA) is 165 Å². The molecule has 1 aromatic carbocycles. The number of alkyl halides is 1. The van der Waals surface area contributed by atoms with Crippen molar-refractivity contribution < 1.29 is 52.1 Å². The second-order valence-electron chi connectivity index (χ2n) is 13.5. The van der Waals surface area contributed by atoms with E-state index in [0.29, 0.717) is 10.9 Å². The van der Waals surface area contributed by atoms with Gasteiger partial charge in [-0.15, -0.1) is 0 Å². The van der Waals surface area contributed by atoms with Crippen molar-refractivity contribution in [3.63, 3.8) is 0 Å². The maximum atomic E-state index is 13.9. The fraction of sp³-hybridized carbons (Fsp3) is 0.515. The van der Waals surface area contributed by atoms with Crippen molar-refractivity contribution in [1.82, 2.24) is 4.90 Å². The van der Waals surface area contributed by atoms with Crippen LogP contribution in [0.25, 0.3) is 11.0 Å². The minimum atomic E-state index is -1.63. The first-order valence-electron chi connectivity index (χ1n) is 15.0. The molecule has 4 heterocycles. The second-order valence-corrected chi connectivity index (χ2v) is 15.5. The van der Waals surface area contributed by atoms with Gasteiger partial charge in [-0.1, -0.05) is 15.9 Å². The van der Waals surface area contributed by atoms with Crippen LogP contribution in [0.5, 0.6) is 5.75 Å². The molecule has 0 aliphatic carbocycles. The molecule has 2 fully saturated rings. The Morgan fingerprint density at radius 3 is 2.32 bits per heavy atom. The zero-order valence-corrected chi connectivity index (χ0v) is 28.6. The molecule has 3 aliphatic heterocycles. The molecule has 1 aromatic heterocycles. The molecule has 47 heavy (non-hydrogen) atoms. The van der Waals surface area contributed by atoms with Crippen LogP contribution in [0.3, 0.4) is 0 Å². The number of carbonyl (C=O) groups is 5. The summed E-state index contributed by atoms with van der Waals surface area (Å²) in [6.45, 7) is 10.6. The summed E-state index contributed by atoms with van der Waals surface area (Å²) in [6, 6.07) is 5.85. The van der Waals surface area contributed by atoms with Crippen molar-refractivity contribution >= 4 is 56.8 Å². The van der Waals surface area contributed by atoms with Gasteiger partial charge in [-0.25, -0.2) is 9.59 Å². The maximum Gasteiger partial charge on any atom is 0.514 e. The van der Waals surface area contributed by atoms with Crippen molar-refractivity contribution in [3.05, 3.63) is 52.4 Å². The van der Waals surface area contributed by atoms with E-state index < -0.39 is 81.0 Å². The third-order valence-corrected chi connectivity index (χ3v) is 8.83. The Morgan fingerprint density at radius 1 is 0.979 bits per heavy atom. The molecule has 14 heteroatoms. The molecule has 252 valence electrons. The first-order valence-corrected chi connectivity index (χ1v) is 15.8. The van der Waals surface area contributed by atoms with Crippen molar-refractivity contribution in [3.8, 4) is 5.75 Å². The number of amides is 2. The van der Waals surface area contributed by atoms with E-state index in [1.54, 1.807) is 59.8 Å². The van der Waals surface area contributed by atoms with Gasteiger partial charge < -0.3 is 28.1 Å². The van der Waals surface area contributed by atoms with E-state index in [0.717, 1.165) is 4.90 Å². The van der Waals surface area contributed by atoms with E-state index in [1.807, 2.05) is 0 Å². The van der Waals surface area contributed by atoms with Crippen molar-refractivity contribution in [2.45, 2.75) is 70.1 Å². The van der Waals surface area contributed by atoms with Crippen LogP contribution in [0, 0.1) is 24.2 Å². The number of hydrogen-bond donors (Lipinski definition) is 0. The second kappa shape index (κ2) is 11.9. The maximum absolute atomic E-state index is 13.9. The van der Waals surface area contributed by atoms with Gasteiger partial charge in [0.15, 0.2) is 0 Å². The number of fused-ring (bicyclic) bond motifs is 6. The lowest BCUT2D eigenvalue weighted by Gasteiger charge is -2.34. The highest BCUT2D eigenvalue weighted by Gasteiger charge is 2.76. The number of benzene rings is 1. The van der Waals surface area contributed by atoms with Crippen LogP contribution in [-0.4, -0.2) is 76.2 Å². The summed E-state index contributed by atoms with van der Waals surface area (Å²) in [5.41, 5.74) is -3.62. The largest absolute Gasteiger partial charge is 0.514 e. The molecule has 2 amide bonds. The monoisotopic (exact) mass is 717 g/mol. The van der Waals surface area contributed by atoms with Crippen molar-refractivity contribution in [1.29, 1.82) is 0 Å². The molecule has 13 nitrogen and oxygen atoms in total. The van der Waals surface area contributed by atoms with E-state index in [-0.39, 0.29) is 24.5 Å². The van der Waals surface area contributed by atoms with Gasteiger partial charge in [0.1, 0.15) is 46.2 Å². The molecule has 5 atom stereocenters. The van der Waals surface area contributed by atoms with Crippen LogP contribution < -0.4 is 10.4 Å². The lowest BCUT2D eigenvalue weighted by atomic mass is 9.70. The molecule has 2 aromatic rings. The van der Waals surface area contributed by atoms with Gasteiger partial charge in [-0.05, 0) is 78.3 Å². The molecule has 2 saturated heterocycles. The SMILES string of the molecule is Cc1cc(=O)oc2cc(OC(=O)OC(C)C34C=CC(COC(=O)C(C)(C)Br)(O3)C3C(=O)N(CCOC(=O)C(C)(C)C)C(=O)C34)ccc12. The Balaban J connectivity index is 1.38. The van der Waals surface area contributed by atoms with Crippen LogP contribution in [0.15, 0.2) is 45.6 Å². The Bertz CT molecular complexity index is 1750. The third-order valence-electron chi connectivity index (χ3n) is 8.51. The van der Waals surface area contributed by atoms with Gasteiger partial charge in [-0.2, -0.15) is 0 Å². The normalized spacial score (nSPS) is 25.6. The average Bonchev–Trinajstić information content (AvgIpc) is 3.58. The fourth-order valence-corrected chi connectivity index (χ4v) is 6.17. The quantitative estimate of drug-likeness (QED) is 0.0698. The number of rotatable bonds is 9. The number of carbonyl (C=O) groups excluding carboxylic acids is 5. The first-order chi connectivity index (χ1) is 21.8. The summed E-state index contributed by atoms with van der Waals surface area (Å²) in [6.07, 6.45) is 0.772. The van der Waals surface area contributed by atoms with Gasteiger partial charge in [0.2, 0.25) is 11.8 Å². The molecule has 0 radical (unpaired) electrons. The van der Waals surface area contributed by atoms with Gasteiger partial charge in [-0.3, -0.25) is 24.1 Å². The molecular weight excluding hydrogens is 682 g/mol. The Kier molecular flexibility index (Phi) is 8.67. The van der Waals surface area contributed by atoms with E-state index in [4.69, 9.17) is 28.1 Å². The zero-order chi connectivity index (χ0) is 34.7. The molecule has 5 unspecified atom stereocenters. The number of esters is 2. The highest BCUT2D eigenvalue weighted by atomic mass is 79.9. The number of hydrogen-bond acceptors (Lipinski definition) is 12. The Hall–Kier alpha value is -4.04. The van der Waals surface area contributed by atoms with Crippen molar-refractivity contribution in [2.75, 3.05) is 19.8 Å². The smallest absolute Gasteiger partial charge is 0.463 e. The number of ether oxygens (including phenoxy) is 5. The van der Waals surface area contributed by atoms with Gasteiger partial charge in [0.05, 0.1) is 23.8 Å². The molecule has 3 aliphatic rings. The molecule has 0 saturated carbocycles. The minimum absolute atomic E-state index is 0.0369. The molecule has 0 N–H and O–H groups in total. The van der Waals surface area contributed by atoms with E-state index in [1.165, 1.54) is 25.1 Å². The lowest BCUT2D eigenvalue weighted by molar-refractivity contribution is -0.169. The predicted molar refractivity (Wildman–Crippen MR) is 168 cm³/mol. The Morgan fingerprint density at radius 2 is 1.66 bits per heavy atom. The average molecular weight is 719 g/mol. The number of nitrogens with zero attached hydrogens (tertiary/aromatic N) is 1. The minimum Gasteiger partial charge on any atom is -0.463 e. The summed E-state index contributed by atoms with van der Waals surface area (Å²) in [5, 5.41) is 0.654. The first kappa shape index (κ1) is 34.3. The molecule has 2 bridgehead atoms. The summed E-state index contributed by atoms with van der Waals surface area (Å²) in [7, 11) is 0. The zero-order valence-electron chi connectivity index (χ0n) is 27.0. The Labute approximate surface area is 278 Å². The van der Waals surface area contributed by atoms with E-state index in [9.17, 15) is 28.8 Å². The van der Waals surface area contributed by atoms with Gasteiger partial charge >= 0.3 is 23.7 Å². The number of likely N-dealkylation sites (tertiary alicyclic amines) is 1. The van der Waals surface area contributed by atoms with Crippen LogP contribution in [0.1, 0.15) is 47.1 Å². The molecule has 0 spiro atoms. The van der Waals surface area contributed by atoms with Gasteiger partial charge in [0.25, 0.3) is 0 Å². The third kappa shape index (κ3) is 6.20. The van der Waals surface area contributed by atoms with Crippen molar-refractivity contribution in [2.24, 2.45) is 17.3 Å². The van der Waals surface area contributed by atoms with E-state index >= 15 is 0 Å². The number of aryl methyl sites for hydroxylation is 1. The molecule has 5 rings (SSSR count). The van der Waals surface area contributed by atoms with Crippen LogP contribution in [0.4, 0.5) is 4.79 Å². The summed E-state index contributed by atoms with van der Waals surface area (Å²) >= 11 is 3.26. The number of imide groups is 1. The fourth-order valence-electron chi connectivity index (χ4n) is 6.06. The highest BCUT2D eigenvalue weighted by Crippen LogP contribution is 2.59. The summed E-state index contributed by atoms with van der Waals surface area (Å²) < 4.78 is 32.4. The van der Waals surface area contributed by atoms with Gasteiger partial charge in [0, 0.05) is 17.5 Å². The summed E-state index contributed by atoms with van der Waals surface area (Å²) in [5.74, 6) is -4.59. The van der Waals surface area contributed by atoms with Crippen LogP contribution >= 0.6 is 15.9 Å². The molecular formula is C33H36BrNO12. The predicted octanol–water partition coefficient (Wildman–Crippen LogP) is 3.99. The van der Waals surface area contributed by atoms with Crippen LogP contribution in [0.2, 0.25) is 0 Å². The van der Waals surface area contributed by atoms with Crippen LogP contribution in [-0.2, 0) is 38.1 Å². The standard InChI is InChI=1S/C33H36BrNO12/c1-17-14-22(36)46-21-15-19(8-9-20(17)21)45-29(41)44-18(2)33-11-10-32(47-33,16-43-28(40)31(6,7)34)23-24(33)26(38)35(25(23)37)12-13-42-27(39)30(3,4)5/h8-11,14-15,18,23-24H,12-13,16H2,1-7H3. The lowest BCUT2D eigenvalue weighted by Crippen LogP contribution is -2.50. The highest BCUT2D eigenvalue weighted by molar-refractivity contribution is 9.10. The summed E-state index contributed by atoms with van der Waals surface area (Å²) in [4.78, 5) is 78.5.